The minimum atomic E-state index is -4.45. The molecule has 0 fully saturated rings. The van der Waals surface area contributed by atoms with Gasteiger partial charge in [0.1, 0.15) is 11.3 Å². The van der Waals surface area contributed by atoms with Gasteiger partial charge in [-0.25, -0.2) is 4.98 Å². The summed E-state index contributed by atoms with van der Waals surface area (Å²) >= 11 is 0. The van der Waals surface area contributed by atoms with Crippen molar-refractivity contribution < 1.29 is 18.0 Å². The summed E-state index contributed by atoms with van der Waals surface area (Å²) in [7, 11) is 0. The van der Waals surface area contributed by atoms with Gasteiger partial charge >= 0.3 is 6.18 Å². The van der Waals surface area contributed by atoms with Gasteiger partial charge in [0.25, 0.3) is 5.91 Å². The molecule has 0 aliphatic carbocycles. The summed E-state index contributed by atoms with van der Waals surface area (Å²) in [5.41, 5.74) is 0.132. The SMILES string of the molecule is O=C(Nc1cccc(C(F)(F)F)c1)c1cccc2nccn12. The third-order valence-electron chi connectivity index (χ3n) is 3.11. The minimum absolute atomic E-state index is 0.0805. The van der Waals surface area contributed by atoms with Crippen molar-refractivity contribution in [2.45, 2.75) is 6.18 Å². The summed E-state index contributed by atoms with van der Waals surface area (Å²) < 4.78 is 39.6. The first-order chi connectivity index (χ1) is 10.4. The zero-order valence-corrected chi connectivity index (χ0v) is 11.1. The summed E-state index contributed by atoms with van der Waals surface area (Å²) in [6.45, 7) is 0. The van der Waals surface area contributed by atoms with Crippen molar-refractivity contribution in [2.24, 2.45) is 0 Å². The molecule has 2 aromatic heterocycles. The number of alkyl halides is 3. The molecular formula is C15H10F3N3O. The number of carbonyl (C=O) groups is 1. The highest BCUT2D eigenvalue weighted by atomic mass is 19.4. The van der Waals surface area contributed by atoms with E-state index in [2.05, 4.69) is 10.3 Å². The monoisotopic (exact) mass is 305 g/mol. The quantitative estimate of drug-likeness (QED) is 0.786. The first kappa shape index (κ1) is 14.1. The van der Waals surface area contributed by atoms with E-state index in [0.29, 0.717) is 5.65 Å². The molecule has 3 rings (SSSR count). The number of hydrogen-bond acceptors (Lipinski definition) is 2. The first-order valence-electron chi connectivity index (χ1n) is 6.36. The summed E-state index contributed by atoms with van der Waals surface area (Å²) in [6.07, 6.45) is -1.31. The molecule has 0 saturated carbocycles. The Balaban J connectivity index is 1.90. The van der Waals surface area contributed by atoms with Gasteiger partial charge in [0.2, 0.25) is 0 Å². The van der Waals surface area contributed by atoms with E-state index in [0.717, 1.165) is 12.1 Å². The number of halogens is 3. The molecule has 1 amide bonds. The van der Waals surface area contributed by atoms with Crippen molar-refractivity contribution in [3.63, 3.8) is 0 Å². The second kappa shape index (κ2) is 5.18. The van der Waals surface area contributed by atoms with Crippen LogP contribution < -0.4 is 5.32 Å². The zero-order valence-electron chi connectivity index (χ0n) is 11.1. The summed E-state index contributed by atoms with van der Waals surface area (Å²) in [5.74, 6) is -0.511. The number of anilines is 1. The Morgan fingerprint density at radius 1 is 1.14 bits per heavy atom. The van der Waals surface area contributed by atoms with E-state index in [4.69, 9.17) is 0 Å². The van der Waals surface area contributed by atoms with Crippen molar-refractivity contribution >= 4 is 17.2 Å². The number of benzene rings is 1. The number of fused-ring (bicyclic) bond motifs is 1. The molecule has 22 heavy (non-hydrogen) atoms. The Morgan fingerprint density at radius 2 is 1.91 bits per heavy atom. The number of pyridine rings is 1. The molecule has 4 nitrogen and oxygen atoms in total. The van der Waals surface area contributed by atoms with Crippen LogP contribution >= 0.6 is 0 Å². The van der Waals surface area contributed by atoms with Gasteiger partial charge in [-0.15, -0.1) is 0 Å². The number of amides is 1. The second-order valence-electron chi connectivity index (χ2n) is 4.60. The molecule has 7 heteroatoms. The maximum absolute atomic E-state index is 12.7. The minimum Gasteiger partial charge on any atom is -0.321 e. The van der Waals surface area contributed by atoms with Crippen LogP contribution in [0.4, 0.5) is 18.9 Å². The van der Waals surface area contributed by atoms with E-state index >= 15 is 0 Å². The molecule has 0 aliphatic heterocycles. The molecule has 0 bridgehead atoms. The number of carbonyl (C=O) groups excluding carboxylic acids is 1. The standard InChI is InChI=1S/C15H10F3N3O/c16-15(17,18)10-3-1-4-11(9-10)20-14(22)12-5-2-6-13-19-7-8-21(12)13/h1-9H,(H,20,22). The highest BCUT2D eigenvalue weighted by molar-refractivity contribution is 6.03. The van der Waals surface area contributed by atoms with E-state index in [1.165, 1.54) is 18.3 Å². The molecule has 3 aromatic rings. The molecule has 112 valence electrons. The van der Waals surface area contributed by atoms with Gasteiger partial charge in [-0.3, -0.25) is 9.20 Å². The highest BCUT2D eigenvalue weighted by Crippen LogP contribution is 2.30. The fraction of sp³-hybridized carbons (Fsp3) is 0.0667. The third kappa shape index (κ3) is 2.65. The lowest BCUT2D eigenvalue weighted by molar-refractivity contribution is -0.137. The van der Waals surface area contributed by atoms with Crippen molar-refractivity contribution in [3.8, 4) is 0 Å². The smallest absolute Gasteiger partial charge is 0.321 e. The molecule has 0 radical (unpaired) electrons. The zero-order chi connectivity index (χ0) is 15.7. The summed E-state index contributed by atoms with van der Waals surface area (Å²) in [6, 6.07) is 9.44. The largest absolute Gasteiger partial charge is 0.416 e. The number of hydrogen-bond donors (Lipinski definition) is 1. The van der Waals surface area contributed by atoms with E-state index in [9.17, 15) is 18.0 Å². The van der Waals surface area contributed by atoms with Crippen molar-refractivity contribution in [1.29, 1.82) is 0 Å². The Morgan fingerprint density at radius 3 is 2.68 bits per heavy atom. The van der Waals surface area contributed by atoms with Crippen molar-refractivity contribution in [1.82, 2.24) is 9.38 Å². The predicted molar refractivity (Wildman–Crippen MR) is 74.6 cm³/mol. The van der Waals surface area contributed by atoms with E-state index < -0.39 is 17.6 Å². The van der Waals surface area contributed by atoms with Crippen LogP contribution in [0.15, 0.2) is 54.9 Å². The number of aromatic nitrogens is 2. The fourth-order valence-corrected chi connectivity index (χ4v) is 2.10. The lowest BCUT2D eigenvalue weighted by Gasteiger charge is -2.10. The van der Waals surface area contributed by atoms with Crippen LogP contribution in [-0.4, -0.2) is 15.3 Å². The van der Waals surface area contributed by atoms with Gasteiger partial charge in [-0.05, 0) is 30.3 Å². The van der Waals surface area contributed by atoms with Crippen LogP contribution in [0.25, 0.3) is 5.65 Å². The van der Waals surface area contributed by atoms with Gasteiger partial charge in [0.05, 0.1) is 5.56 Å². The topological polar surface area (TPSA) is 46.4 Å². The Bertz CT molecular complexity index is 839. The maximum atomic E-state index is 12.7. The molecule has 1 aromatic carbocycles. The highest BCUT2D eigenvalue weighted by Gasteiger charge is 2.30. The first-order valence-corrected chi connectivity index (χ1v) is 6.36. The van der Waals surface area contributed by atoms with Crippen molar-refractivity contribution in [3.05, 3.63) is 66.1 Å². The summed E-state index contributed by atoms with van der Waals surface area (Å²) in [5, 5.41) is 2.47. The van der Waals surface area contributed by atoms with Crippen LogP contribution in [0.1, 0.15) is 16.1 Å². The van der Waals surface area contributed by atoms with Gasteiger partial charge < -0.3 is 5.32 Å². The Labute approximate surface area is 123 Å². The lowest BCUT2D eigenvalue weighted by atomic mass is 10.2. The molecule has 0 atom stereocenters. The number of nitrogens with zero attached hydrogens (tertiary/aromatic N) is 2. The van der Waals surface area contributed by atoms with E-state index in [-0.39, 0.29) is 11.4 Å². The van der Waals surface area contributed by atoms with Crippen molar-refractivity contribution in [2.75, 3.05) is 5.32 Å². The molecule has 0 aliphatic rings. The third-order valence-corrected chi connectivity index (χ3v) is 3.11. The van der Waals surface area contributed by atoms with Gasteiger partial charge in [0, 0.05) is 18.1 Å². The number of nitrogens with one attached hydrogen (secondary N) is 1. The van der Waals surface area contributed by atoms with Crippen LogP contribution in [0, 0.1) is 0 Å². The summed E-state index contributed by atoms with van der Waals surface area (Å²) in [4.78, 5) is 16.3. The Kier molecular flexibility index (Phi) is 3.32. The fourth-order valence-electron chi connectivity index (χ4n) is 2.10. The number of imidazole rings is 1. The van der Waals surface area contributed by atoms with Gasteiger partial charge in [-0.2, -0.15) is 13.2 Å². The van der Waals surface area contributed by atoms with Crippen LogP contribution in [-0.2, 0) is 6.18 Å². The molecular weight excluding hydrogens is 295 g/mol. The Hall–Kier alpha value is -2.83. The molecule has 0 saturated heterocycles. The van der Waals surface area contributed by atoms with Crippen LogP contribution in [0.2, 0.25) is 0 Å². The molecule has 2 heterocycles. The van der Waals surface area contributed by atoms with Crippen LogP contribution in [0.3, 0.4) is 0 Å². The maximum Gasteiger partial charge on any atom is 0.416 e. The average Bonchev–Trinajstić information content (AvgIpc) is 2.94. The average molecular weight is 305 g/mol. The molecule has 0 unspecified atom stereocenters. The van der Waals surface area contributed by atoms with Gasteiger partial charge in [-0.1, -0.05) is 12.1 Å². The van der Waals surface area contributed by atoms with E-state index in [1.807, 2.05) is 0 Å². The lowest BCUT2D eigenvalue weighted by Crippen LogP contribution is -2.16. The van der Waals surface area contributed by atoms with Gasteiger partial charge in [0.15, 0.2) is 0 Å². The molecule has 0 spiro atoms. The molecule has 1 N–H and O–H groups in total. The predicted octanol–water partition coefficient (Wildman–Crippen LogP) is 3.61. The second-order valence-corrected chi connectivity index (χ2v) is 4.60. The van der Waals surface area contributed by atoms with E-state index in [1.54, 1.807) is 28.8 Å². The normalized spacial score (nSPS) is 11.6. The number of rotatable bonds is 2. The van der Waals surface area contributed by atoms with Crippen LogP contribution in [0.5, 0.6) is 0 Å².